The molecule has 3 aromatic rings. The van der Waals surface area contributed by atoms with Crippen molar-refractivity contribution in [1.82, 2.24) is 14.8 Å². The highest BCUT2D eigenvalue weighted by Crippen LogP contribution is 2.32. The third-order valence-corrected chi connectivity index (χ3v) is 5.00. The van der Waals surface area contributed by atoms with Crippen LogP contribution in [0.15, 0.2) is 24.4 Å². The summed E-state index contributed by atoms with van der Waals surface area (Å²) in [4.78, 5) is 7.28. The molecule has 28 heavy (non-hydrogen) atoms. The van der Waals surface area contributed by atoms with Gasteiger partial charge >= 0.3 is 0 Å². The first-order valence-electron chi connectivity index (χ1n) is 8.61. The number of nitrogens with zero attached hydrogens (tertiary/aromatic N) is 5. The van der Waals surface area contributed by atoms with Gasteiger partial charge < -0.3 is 13.9 Å². The van der Waals surface area contributed by atoms with Crippen molar-refractivity contribution < 1.29 is 23.4 Å². The van der Waals surface area contributed by atoms with Crippen LogP contribution < -0.4 is 4.90 Å². The van der Waals surface area contributed by atoms with E-state index in [1.807, 2.05) is 29.9 Å². The molecule has 0 atom stereocenters. The molecule has 4 rings (SSSR count). The second-order valence-corrected chi connectivity index (χ2v) is 8.75. The van der Waals surface area contributed by atoms with Crippen molar-refractivity contribution in [2.24, 2.45) is 7.05 Å². The summed E-state index contributed by atoms with van der Waals surface area (Å²) in [6.07, 6.45) is 2.06. The molecular formula is C17H24ClN5O4S. The second kappa shape index (κ2) is 7.45. The zero-order valence-electron chi connectivity index (χ0n) is 15.8. The van der Waals surface area contributed by atoms with E-state index in [-0.39, 0.29) is 1.43 Å². The molecule has 1 saturated heterocycles. The molecule has 154 valence electrons. The van der Waals surface area contributed by atoms with Gasteiger partial charge in [-0.15, -0.1) is 0 Å². The summed E-state index contributed by atoms with van der Waals surface area (Å²) < 4.78 is 35.8. The first-order chi connectivity index (χ1) is 12.9. The van der Waals surface area contributed by atoms with Gasteiger partial charge in [0.1, 0.15) is 5.52 Å². The second-order valence-electron chi connectivity index (χ2n) is 7.46. The van der Waals surface area contributed by atoms with Gasteiger partial charge in [0.25, 0.3) is 0 Å². The number of rotatable bonds is 1. The molecule has 2 aromatic heterocycles. The lowest BCUT2D eigenvalue weighted by atomic mass is 10.1. The Balaban J connectivity index is 0.000000450. The number of benzene rings is 1. The Hall–Kier alpha value is -1.98. The SMILES string of the molecule is Cn1cc2c(n1)c(N1CC[N+](C)(C)CC1)nc1ccc(Cl)cc12.O=S(=O)([O-])O.[HH]. The minimum Gasteiger partial charge on any atom is -0.726 e. The van der Waals surface area contributed by atoms with E-state index in [0.717, 1.165) is 63.3 Å². The van der Waals surface area contributed by atoms with Gasteiger partial charge in [0.2, 0.25) is 10.4 Å². The lowest BCUT2D eigenvalue weighted by molar-refractivity contribution is -0.890. The van der Waals surface area contributed by atoms with Crippen LogP contribution >= 0.6 is 11.6 Å². The summed E-state index contributed by atoms with van der Waals surface area (Å²) in [6, 6.07) is 5.88. The molecule has 0 spiro atoms. The largest absolute Gasteiger partial charge is 0.726 e. The molecule has 3 heterocycles. The third-order valence-electron chi connectivity index (χ3n) is 4.77. The molecule has 1 aliphatic rings. The van der Waals surface area contributed by atoms with E-state index in [1.54, 1.807) is 0 Å². The van der Waals surface area contributed by atoms with E-state index in [1.165, 1.54) is 0 Å². The highest BCUT2D eigenvalue weighted by Gasteiger charge is 2.27. The van der Waals surface area contributed by atoms with Gasteiger partial charge in [-0.3, -0.25) is 9.23 Å². The summed E-state index contributed by atoms with van der Waals surface area (Å²) in [6.45, 7) is 4.25. The highest BCUT2D eigenvalue weighted by atomic mass is 35.5. The van der Waals surface area contributed by atoms with Gasteiger partial charge in [-0.05, 0) is 18.2 Å². The summed E-state index contributed by atoms with van der Waals surface area (Å²) in [7, 11) is 1.60. The standard InChI is InChI=1S/C17H21ClN5.H2O4S.H2/c1-21-11-14-13-10-12(18)4-5-15(13)19-17(16(14)20-21)22-6-8-23(2,3)9-7-22;1-5(2,3)4;/h4-5,10-11H,6-9H2,1-3H3;(H2,1,2,3,4);1H/q+1;;/p-1. The monoisotopic (exact) mass is 429 g/mol. The summed E-state index contributed by atoms with van der Waals surface area (Å²) in [5, 5.41) is 7.59. The fourth-order valence-corrected chi connectivity index (χ4v) is 3.45. The first-order valence-corrected chi connectivity index (χ1v) is 10.4. The molecule has 0 unspecified atom stereocenters. The van der Waals surface area contributed by atoms with E-state index >= 15 is 0 Å². The molecule has 9 nitrogen and oxygen atoms in total. The van der Waals surface area contributed by atoms with Crippen molar-refractivity contribution in [3.8, 4) is 0 Å². The average Bonchev–Trinajstić information content (AvgIpc) is 2.95. The Labute approximate surface area is 169 Å². The fourth-order valence-electron chi connectivity index (χ4n) is 3.28. The number of pyridine rings is 1. The number of anilines is 1. The Morgan fingerprint density at radius 1 is 1.25 bits per heavy atom. The highest BCUT2D eigenvalue weighted by molar-refractivity contribution is 7.79. The van der Waals surface area contributed by atoms with Crippen molar-refractivity contribution in [3.63, 3.8) is 0 Å². The quantitative estimate of drug-likeness (QED) is 0.357. The van der Waals surface area contributed by atoms with Crippen LogP contribution in [0, 0.1) is 0 Å². The van der Waals surface area contributed by atoms with Crippen molar-refractivity contribution in [2.45, 2.75) is 0 Å². The normalized spacial score (nSPS) is 16.9. The Morgan fingerprint density at radius 3 is 2.46 bits per heavy atom. The van der Waals surface area contributed by atoms with Crippen molar-refractivity contribution >= 4 is 49.6 Å². The Bertz CT molecular complexity index is 1120. The molecule has 1 aliphatic heterocycles. The maximum atomic E-state index is 8.63. The molecular weight excluding hydrogens is 406 g/mol. The summed E-state index contributed by atoms with van der Waals surface area (Å²) in [5.41, 5.74) is 1.94. The molecule has 0 amide bonds. The molecule has 0 bridgehead atoms. The number of hydrogen-bond donors (Lipinski definition) is 1. The number of piperazine rings is 1. The van der Waals surface area contributed by atoms with Crippen molar-refractivity contribution in [1.29, 1.82) is 0 Å². The number of hydrogen-bond acceptors (Lipinski definition) is 6. The van der Waals surface area contributed by atoms with E-state index in [4.69, 9.17) is 34.1 Å². The van der Waals surface area contributed by atoms with Crippen LogP contribution in [0.2, 0.25) is 5.02 Å². The third kappa shape index (κ3) is 4.89. The molecule has 1 fully saturated rings. The van der Waals surface area contributed by atoms with Gasteiger partial charge in [0.05, 0.1) is 45.8 Å². The molecule has 0 radical (unpaired) electrons. The lowest BCUT2D eigenvalue weighted by Crippen LogP contribution is -2.55. The molecule has 11 heteroatoms. The van der Waals surface area contributed by atoms with Gasteiger partial charge in [-0.1, -0.05) is 11.6 Å². The number of quaternary nitrogens is 1. The topological polar surface area (TPSA) is 111 Å². The minimum atomic E-state index is -4.92. The molecule has 0 saturated carbocycles. The van der Waals surface area contributed by atoms with Crippen LogP contribution in [0.3, 0.4) is 0 Å². The summed E-state index contributed by atoms with van der Waals surface area (Å²) >= 11 is 6.18. The molecule has 1 aromatic carbocycles. The number of likely N-dealkylation sites (N-methyl/N-ethyl adjacent to an activating group) is 1. The minimum absolute atomic E-state index is 0. The van der Waals surface area contributed by atoms with Gasteiger partial charge in [0, 0.05) is 30.5 Å². The van der Waals surface area contributed by atoms with E-state index < -0.39 is 10.4 Å². The van der Waals surface area contributed by atoms with E-state index in [9.17, 15) is 0 Å². The Kier molecular flexibility index (Phi) is 5.52. The number of aryl methyl sites for hydroxylation is 1. The number of fused-ring (bicyclic) bond motifs is 3. The number of halogens is 1. The summed E-state index contributed by atoms with van der Waals surface area (Å²) in [5.74, 6) is 0.995. The molecule has 0 aliphatic carbocycles. The van der Waals surface area contributed by atoms with E-state index in [2.05, 4.69) is 30.3 Å². The molecule has 1 N–H and O–H groups in total. The average molecular weight is 430 g/mol. The van der Waals surface area contributed by atoms with E-state index in [0.29, 0.717) is 0 Å². The van der Waals surface area contributed by atoms with Crippen molar-refractivity contribution in [2.75, 3.05) is 45.2 Å². The van der Waals surface area contributed by atoms with Gasteiger partial charge in [0.15, 0.2) is 5.82 Å². The first kappa shape index (κ1) is 20.7. The Morgan fingerprint density at radius 2 is 1.86 bits per heavy atom. The van der Waals surface area contributed by atoms with Gasteiger partial charge in [-0.25, -0.2) is 13.4 Å². The van der Waals surface area contributed by atoms with Crippen molar-refractivity contribution in [3.05, 3.63) is 29.4 Å². The fraction of sp³-hybridized carbons (Fsp3) is 0.412. The maximum Gasteiger partial charge on any atom is 0.215 e. The van der Waals surface area contributed by atoms with Gasteiger partial charge in [-0.2, -0.15) is 5.10 Å². The zero-order valence-corrected chi connectivity index (χ0v) is 17.4. The predicted octanol–water partition coefficient (Wildman–Crippen LogP) is 1.92. The van der Waals surface area contributed by atoms with Crippen LogP contribution in [0.25, 0.3) is 21.8 Å². The lowest BCUT2D eigenvalue weighted by Gasteiger charge is -2.39. The van der Waals surface area contributed by atoms with Crippen LogP contribution in [0.1, 0.15) is 1.43 Å². The van der Waals surface area contributed by atoms with Crippen LogP contribution in [-0.2, 0) is 17.4 Å². The van der Waals surface area contributed by atoms with Crippen LogP contribution in [0.5, 0.6) is 0 Å². The number of aromatic nitrogens is 3. The van der Waals surface area contributed by atoms with Crippen LogP contribution in [0.4, 0.5) is 5.82 Å². The predicted molar refractivity (Wildman–Crippen MR) is 110 cm³/mol. The van der Waals surface area contributed by atoms with Crippen LogP contribution in [-0.4, -0.2) is 77.0 Å². The maximum absolute atomic E-state index is 8.63. The zero-order chi connectivity index (χ0) is 20.7. The smallest absolute Gasteiger partial charge is 0.215 e.